The van der Waals surface area contributed by atoms with Crippen LogP contribution < -0.4 is 0 Å². The smallest absolute Gasteiger partial charge is 0.435 e. The maximum Gasteiger partial charge on any atom is 0.435 e. The summed E-state index contributed by atoms with van der Waals surface area (Å²) in [6, 6.07) is 3.49. The van der Waals surface area contributed by atoms with Gasteiger partial charge in [0.25, 0.3) is 0 Å². The van der Waals surface area contributed by atoms with Gasteiger partial charge in [-0.3, -0.25) is 0 Å². The Kier molecular flexibility index (Phi) is 5.25. The van der Waals surface area contributed by atoms with E-state index in [-0.39, 0.29) is 4.90 Å². The molecule has 0 saturated carbocycles. The Bertz CT molecular complexity index is 651. The van der Waals surface area contributed by atoms with Gasteiger partial charge in [-0.25, -0.2) is 4.79 Å². The molecule has 0 bridgehead atoms. The van der Waals surface area contributed by atoms with Gasteiger partial charge in [0, 0.05) is 7.05 Å². The number of ether oxygens (including phenoxy) is 1. The molecule has 0 aliphatic heterocycles. The predicted molar refractivity (Wildman–Crippen MR) is 82.9 cm³/mol. The molecule has 1 aromatic rings. The maximum atomic E-state index is 12.4. The highest BCUT2D eigenvalue weighted by atomic mass is 32.2. The summed E-state index contributed by atoms with van der Waals surface area (Å²) in [7, 11) is -2.91. The standard InChI is InChI=1S/C15H23NO5S/c1-10-8-11(2)13(12(3)9-10)22(18,19)21-16(7)14(17)20-15(4,5)6/h8-9H,1-7H3. The lowest BCUT2D eigenvalue weighted by atomic mass is 10.1. The Balaban J connectivity index is 3.05. The lowest BCUT2D eigenvalue weighted by Crippen LogP contribution is -2.36. The quantitative estimate of drug-likeness (QED) is 0.797. The van der Waals surface area contributed by atoms with Crippen LogP contribution in [0.3, 0.4) is 0 Å². The van der Waals surface area contributed by atoms with Crippen LogP contribution in [0.4, 0.5) is 4.79 Å². The fourth-order valence-corrected chi connectivity index (χ4v) is 3.44. The zero-order valence-electron chi connectivity index (χ0n) is 14.1. The summed E-state index contributed by atoms with van der Waals surface area (Å²) in [4.78, 5) is 11.9. The molecule has 124 valence electrons. The van der Waals surface area contributed by atoms with E-state index in [4.69, 9.17) is 9.02 Å². The van der Waals surface area contributed by atoms with Crippen molar-refractivity contribution in [3.8, 4) is 0 Å². The Hall–Kier alpha value is -1.60. The second-order valence-corrected chi connectivity index (χ2v) is 7.70. The number of hydrogen-bond donors (Lipinski definition) is 0. The Morgan fingerprint density at radius 2 is 1.55 bits per heavy atom. The fourth-order valence-electron chi connectivity index (χ4n) is 2.10. The molecule has 1 rings (SSSR count). The molecule has 0 N–H and O–H groups in total. The number of hydrogen-bond acceptors (Lipinski definition) is 5. The van der Waals surface area contributed by atoms with Gasteiger partial charge in [0.05, 0.1) is 0 Å². The summed E-state index contributed by atoms with van der Waals surface area (Å²) in [5.41, 5.74) is 1.34. The van der Waals surface area contributed by atoms with Crippen molar-refractivity contribution in [3.63, 3.8) is 0 Å². The van der Waals surface area contributed by atoms with E-state index in [1.807, 2.05) is 6.92 Å². The first-order valence-corrected chi connectivity index (χ1v) is 8.23. The number of aryl methyl sites for hydroxylation is 3. The molecule has 7 heteroatoms. The van der Waals surface area contributed by atoms with Crippen LogP contribution in [0.1, 0.15) is 37.5 Å². The third-order valence-electron chi connectivity index (χ3n) is 2.72. The van der Waals surface area contributed by atoms with E-state index < -0.39 is 21.8 Å². The first kappa shape index (κ1) is 18.4. The third kappa shape index (κ3) is 4.71. The normalized spacial score (nSPS) is 12.1. The topological polar surface area (TPSA) is 72.9 Å². The highest BCUT2D eigenvalue weighted by molar-refractivity contribution is 7.86. The van der Waals surface area contributed by atoms with Crippen molar-refractivity contribution >= 4 is 16.2 Å². The molecule has 0 heterocycles. The summed E-state index contributed by atoms with van der Waals surface area (Å²) < 4.78 is 34.7. The zero-order valence-corrected chi connectivity index (χ0v) is 14.9. The van der Waals surface area contributed by atoms with Crippen molar-refractivity contribution in [1.82, 2.24) is 5.06 Å². The van der Waals surface area contributed by atoms with E-state index in [1.54, 1.807) is 46.8 Å². The van der Waals surface area contributed by atoms with E-state index in [0.29, 0.717) is 16.2 Å². The Morgan fingerprint density at radius 1 is 1.09 bits per heavy atom. The molecule has 0 spiro atoms. The van der Waals surface area contributed by atoms with E-state index in [9.17, 15) is 13.2 Å². The summed E-state index contributed by atoms with van der Waals surface area (Å²) in [5, 5.41) is 0.583. The van der Waals surface area contributed by atoms with E-state index in [1.165, 1.54) is 7.05 Å². The monoisotopic (exact) mass is 329 g/mol. The summed E-state index contributed by atoms with van der Waals surface area (Å²) in [6.07, 6.45) is -0.876. The van der Waals surface area contributed by atoms with Gasteiger partial charge in [-0.15, -0.1) is 4.28 Å². The largest absolute Gasteiger partial charge is 0.442 e. The molecule has 0 atom stereocenters. The van der Waals surface area contributed by atoms with Crippen molar-refractivity contribution in [2.75, 3.05) is 7.05 Å². The van der Waals surface area contributed by atoms with E-state index in [0.717, 1.165) is 5.56 Å². The SMILES string of the molecule is Cc1cc(C)c(S(=O)(=O)ON(C)C(=O)OC(C)(C)C)c(C)c1. The molecule has 0 fully saturated rings. The summed E-state index contributed by atoms with van der Waals surface area (Å²) in [5.74, 6) is 0. The molecule has 0 saturated heterocycles. The summed E-state index contributed by atoms with van der Waals surface area (Å²) >= 11 is 0. The van der Waals surface area contributed by atoms with Crippen LogP contribution in [0.5, 0.6) is 0 Å². The van der Waals surface area contributed by atoms with Gasteiger partial charge in [-0.1, -0.05) is 17.7 Å². The van der Waals surface area contributed by atoms with Crippen LogP contribution in [-0.4, -0.2) is 32.2 Å². The molecule has 22 heavy (non-hydrogen) atoms. The number of rotatable bonds is 3. The van der Waals surface area contributed by atoms with Crippen molar-refractivity contribution in [1.29, 1.82) is 0 Å². The summed E-state index contributed by atoms with van der Waals surface area (Å²) in [6.45, 7) is 10.3. The van der Waals surface area contributed by atoms with Crippen molar-refractivity contribution in [2.24, 2.45) is 0 Å². The zero-order chi connectivity index (χ0) is 17.3. The maximum absolute atomic E-state index is 12.4. The average Bonchev–Trinajstić information content (AvgIpc) is 2.23. The van der Waals surface area contributed by atoms with Crippen LogP contribution >= 0.6 is 0 Å². The molecule has 0 aliphatic rings. The highest BCUT2D eigenvalue weighted by Crippen LogP contribution is 2.24. The van der Waals surface area contributed by atoms with Gasteiger partial charge in [0.15, 0.2) is 0 Å². The molecular formula is C15H23NO5S. The number of carbonyl (C=O) groups is 1. The molecule has 1 amide bonds. The minimum Gasteiger partial charge on any atom is -0.442 e. The molecule has 0 aromatic heterocycles. The van der Waals surface area contributed by atoms with Gasteiger partial charge < -0.3 is 4.74 Å². The van der Waals surface area contributed by atoms with Crippen molar-refractivity contribution < 1.29 is 22.2 Å². The molecule has 0 aliphatic carbocycles. The molecular weight excluding hydrogens is 306 g/mol. The second-order valence-electron chi connectivity index (χ2n) is 6.23. The van der Waals surface area contributed by atoms with Crippen LogP contribution in [-0.2, 0) is 19.1 Å². The van der Waals surface area contributed by atoms with Gasteiger partial charge >= 0.3 is 16.2 Å². The average molecular weight is 329 g/mol. The van der Waals surface area contributed by atoms with Gasteiger partial charge in [-0.2, -0.15) is 13.5 Å². The van der Waals surface area contributed by atoms with Crippen LogP contribution in [0.25, 0.3) is 0 Å². The first-order chi connectivity index (χ1) is 9.83. The molecule has 1 aromatic carbocycles. The molecule has 0 radical (unpaired) electrons. The lowest BCUT2D eigenvalue weighted by Gasteiger charge is -2.24. The number of carbonyl (C=O) groups excluding carboxylic acids is 1. The van der Waals surface area contributed by atoms with Crippen LogP contribution in [0.2, 0.25) is 0 Å². The Labute approximate surface area is 132 Å². The molecule has 6 nitrogen and oxygen atoms in total. The Morgan fingerprint density at radius 3 is 1.95 bits per heavy atom. The minimum absolute atomic E-state index is 0.0634. The van der Waals surface area contributed by atoms with Crippen LogP contribution in [0.15, 0.2) is 17.0 Å². The van der Waals surface area contributed by atoms with E-state index in [2.05, 4.69) is 0 Å². The van der Waals surface area contributed by atoms with Crippen LogP contribution in [0, 0.1) is 20.8 Å². The number of nitrogens with zero attached hydrogens (tertiary/aromatic N) is 1. The minimum atomic E-state index is -4.11. The highest BCUT2D eigenvalue weighted by Gasteiger charge is 2.28. The second kappa shape index (κ2) is 6.26. The lowest BCUT2D eigenvalue weighted by molar-refractivity contribution is -0.0526. The van der Waals surface area contributed by atoms with E-state index >= 15 is 0 Å². The predicted octanol–water partition coefficient (Wildman–Crippen LogP) is 3.10. The van der Waals surface area contributed by atoms with Crippen molar-refractivity contribution in [3.05, 3.63) is 28.8 Å². The van der Waals surface area contributed by atoms with Gasteiger partial charge in [-0.05, 0) is 52.7 Å². The molecule has 0 unspecified atom stereocenters. The van der Waals surface area contributed by atoms with Crippen molar-refractivity contribution in [2.45, 2.75) is 52.0 Å². The fraction of sp³-hybridized carbons (Fsp3) is 0.533. The third-order valence-corrected chi connectivity index (χ3v) is 4.28. The first-order valence-electron chi connectivity index (χ1n) is 6.82. The van der Waals surface area contributed by atoms with Gasteiger partial charge in [0.2, 0.25) is 0 Å². The number of amides is 1. The van der Waals surface area contributed by atoms with Gasteiger partial charge in [0.1, 0.15) is 10.5 Å². The number of hydroxylamine groups is 2. The number of benzene rings is 1.